The molecule has 1 heterocycles. The number of fused-ring (bicyclic) bond motifs is 1. The molecular formula is C7H4N3O. The van der Waals surface area contributed by atoms with E-state index in [0.29, 0.717) is 15.7 Å². The molecule has 1 aromatic heterocycles. The van der Waals surface area contributed by atoms with Gasteiger partial charge in [-0.15, -0.1) is 4.85 Å². The van der Waals surface area contributed by atoms with Crippen molar-refractivity contribution in [3.63, 3.8) is 0 Å². The second kappa shape index (κ2) is 2.16. The molecule has 0 saturated heterocycles. The molecule has 53 valence electrons. The fraction of sp³-hybridized carbons (Fsp3) is 0. The van der Waals surface area contributed by atoms with Crippen molar-refractivity contribution >= 4 is 10.9 Å². The molecule has 0 aliphatic heterocycles. The van der Waals surface area contributed by atoms with Gasteiger partial charge in [-0.2, -0.15) is 0 Å². The highest BCUT2D eigenvalue weighted by molar-refractivity contribution is 5.73. The Hall–Kier alpha value is -1.71. The Kier molecular flexibility index (Phi) is 1.18. The van der Waals surface area contributed by atoms with Gasteiger partial charge in [0.25, 0.3) is 6.20 Å². The van der Waals surface area contributed by atoms with Gasteiger partial charge >= 0.3 is 0 Å². The molecule has 0 atom stereocenters. The third kappa shape index (κ3) is 0.881. The Bertz CT molecular complexity index is 383. The number of aromatic nitrogens is 3. The molecule has 1 radical (unpaired) electrons. The lowest BCUT2D eigenvalue weighted by molar-refractivity contribution is -0.648. The van der Waals surface area contributed by atoms with Gasteiger partial charge in [0.1, 0.15) is 5.21 Å². The second-order valence-electron chi connectivity index (χ2n) is 2.09. The zero-order valence-corrected chi connectivity index (χ0v) is 5.56. The highest BCUT2D eigenvalue weighted by Crippen LogP contribution is 2.03. The van der Waals surface area contributed by atoms with Crippen molar-refractivity contribution in [2.24, 2.45) is 0 Å². The van der Waals surface area contributed by atoms with Crippen molar-refractivity contribution in [2.45, 2.75) is 0 Å². The van der Waals surface area contributed by atoms with Gasteiger partial charge < -0.3 is 5.21 Å². The van der Waals surface area contributed by atoms with Crippen LogP contribution in [-0.2, 0) is 0 Å². The average Bonchev–Trinajstić information content (AvgIpc) is 2.06. The van der Waals surface area contributed by atoms with E-state index in [0.717, 1.165) is 0 Å². The van der Waals surface area contributed by atoms with Crippen LogP contribution in [0, 0.1) is 11.4 Å². The molecule has 0 bridgehead atoms. The van der Waals surface area contributed by atoms with Crippen LogP contribution >= 0.6 is 0 Å². The minimum atomic E-state index is 0.478. The number of rotatable bonds is 0. The van der Waals surface area contributed by atoms with Crippen molar-refractivity contribution in [1.82, 2.24) is 10.3 Å². The first-order valence-corrected chi connectivity index (χ1v) is 3.11. The Labute approximate surface area is 62.7 Å². The maximum Gasteiger partial charge on any atom is 0.269 e. The lowest BCUT2D eigenvalue weighted by atomic mass is 10.2. The van der Waals surface area contributed by atoms with Crippen molar-refractivity contribution in [2.75, 3.05) is 0 Å². The molecule has 2 aromatic rings. The topological polar surface area (TPSA) is 52.7 Å². The largest absolute Gasteiger partial charge is 0.691 e. The summed E-state index contributed by atoms with van der Waals surface area (Å²) in [5, 5.41) is 18.2. The first-order valence-electron chi connectivity index (χ1n) is 3.11. The molecule has 4 heteroatoms. The van der Waals surface area contributed by atoms with Crippen molar-refractivity contribution in [3.8, 4) is 0 Å². The van der Waals surface area contributed by atoms with Crippen LogP contribution in [0.15, 0.2) is 24.3 Å². The normalized spacial score (nSPS) is 10.2. The molecule has 2 rings (SSSR count). The lowest BCUT2D eigenvalue weighted by Crippen LogP contribution is -2.32. The minimum absolute atomic E-state index is 0.478. The van der Waals surface area contributed by atoms with Gasteiger partial charge in [0, 0.05) is 0 Å². The summed E-state index contributed by atoms with van der Waals surface area (Å²) >= 11 is 0. The van der Waals surface area contributed by atoms with Crippen LogP contribution in [0.5, 0.6) is 0 Å². The summed E-state index contributed by atoms with van der Waals surface area (Å²) < 4.78 is 0. The van der Waals surface area contributed by atoms with E-state index in [1.165, 1.54) is 0 Å². The zero-order valence-electron chi connectivity index (χ0n) is 5.56. The Morgan fingerprint density at radius 3 is 3.00 bits per heavy atom. The number of nitrogens with zero attached hydrogens (tertiary/aromatic N) is 3. The van der Waals surface area contributed by atoms with Crippen LogP contribution in [0.25, 0.3) is 10.9 Å². The van der Waals surface area contributed by atoms with E-state index in [2.05, 4.69) is 16.5 Å². The van der Waals surface area contributed by atoms with Gasteiger partial charge in [-0.05, 0) is 12.1 Å². The van der Waals surface area contributed by atoms with E-state index in [-0.39, 0.29) is 0 Å². The number of hydrogen-bond acceptors (Lipinski definition) is 3. The van der Waals surface area contributed by atoms with Crippen LogP contribution < -0.4 is 4.85 Å². The molecule has 0 amide bonds. The Morgan fingerprint density at radius 1 is 1.36 bits per heavy atom. The molecule has 0 saturated carbocycles. The van der Waals surface area contributed by atoms with Crippen LogP contribution in [0.1, 0.15) is 0 Å². The maximum absolute atomic E-state index is 10.9. The SMILES string of the molecule is [O-][n+]1nn[c]c2ccccc21. The number of hydrogen-bond donors (Lipinski definition) is 0. The highest BCUT2D eigenvalue weighted by atomic mass is 16.5. The van der Waals surface area contributed by atoms with Crippen LogP contribution in [-0.4, -0.2) is 10.3 Å². The second-order valence-corrected chi connectivity index (χ2v) is 2.09. The van der Waals surface area contributed by atoms with Crippen molar-refractivity contribution in [1.29, 1.82) is 0 Å². The fourth-order valence-electron chi connectivity index (χ4n) is 0.900. The molecular weight excluding hydrogens is 142 g/mol. The molecule has 0 N–H and O–H groups in total. The molecule has 1 aromatic carbocycles. The first kappa shape index (κ1) is 6.03. The lowest BCUT2D eigenvalue weighted by Gasteiger charge is -1.97. The fourth-order valence-corrected chi connectivity index (χ4v) is 0.900. The quantitative estimate of drug-likeness (QED) is 0.390. The highest BCUT2D eigenvalue weighted by Gasteiger charge is 2.00. The Morgan fingerprint density at radius 2 is 2.18 bits per heavy atom. The van der Waals surface area contributed by atoms with E-state index in [1.54, 1.807) is 18.2 Å². The van der Waals surface area contributed by atoms with E-state index in [4.69, 9.17) is 0 Å². The monoisotopic (exact) mass is 146 g/mol. The summed E-state index contributed by atoms with van der Waals surface area (Å²) in [5.41, 5.74) is 0.488. The molecule has 0 spiro atoms. The standard InChI is InChI=1S/C7H4N3O/c11-10-7-4-2-1-3-6(7)5-8-9-10/h1-4H. The molecule has 0 aliphatic carbocycles. The summed E-state index contributed by atoms with van der Waals surface area (Å²) in [7, 11) is 0. The first-order chi connectivity index (χ1) is 5.38. The van der Waals surface area contributed by atoms with Crippen molar-refractivity contribution < 1.29 is 4.85 Å². The van der Waals surface area contributed by atoms with E-state index in [9.17, 15) is 5.21 Å². The van der Waals surface area contributed by atoms with Gasteiger partial charge in [-0.1, -0.05) is 12.1 Å². The van der Waals surface area contributed by atoms with Gasteiger partial charge in [0.2, 0.25) is 0 Å². The molecule has 11 heavy (non-hydrogen) atoms. The van der Waals surface area contributed by atoms with Crippen molar-refractivity contribution in [3.05, 3.63) is 35.7 Å². The minimum Gasteiger partial charge on any atom is -0.691 e. The van der Waals surface area contributed by atoms with Crippen LogP contribution in [0.4, 0.5) is 0 Å². The number of para-hydroxylation sites is 1. The van der Waals surface area contributed by atoms with Gasteiger partial charge in [0.15, 0.2) is 5.52 Å². The number of benzene rings is 1. The van der Waals surface area contributed by atoms with Crippen LogP contribution in [0.3, 0.4) is 0 Å². The molecule has 0 unspecified atom stereocenters. The summed E-state index contributed by atoms with van der Waals surface area (Å²) in [5.74, 6) is 0. The van der Waals surface area contributed by atoms with Gasteiger partial charge in [0.05, 0.1) is 10.5 Å². The zero-order chi connectivity index (χ0) is 7.68. The maximum atomic E-state index is 10.9. The van der Waals surface area contributed by atoms with Gasteiger partial charge in [-0.25, -0.2) is 0 Å². The molecule has 0 aliphatic rings. The summed E-state index contributed by atoms with van der Waals surface area (Å²) in [6, 6.07) is 7.03. The summed E-state index contributed by atoms with van der Waals surface area (Å²) in [6.07, 6.45) is 2.61. The predicted octanol–water partition coefficient (Wildman–Crippen LogP) is 0.0634. The molecule has 4 nitrogen and oxygen atoms in total. The van der Waals surface area contributed by atoms with Gasteiger partial charge in [-0.3, -0.25) is 0 Å². The van der Waals surface area contributed by atoms with E-state index >= 15 is 0 Å². The van der Waals surface area contributed by atoms with Crippen LogP contribution in [0.2, 0.25) is 0 Å². The summed E-state index contributed by atoms with van der Waals surface area (Å²) in [4.78, 5) is 0.478. The molecule has 0 fully saturated rings. The summed E-state index contributed by atoms with van der Waals surface area (Å²) in [6.45, 7) is 0. The smallest absolute Gasteiger partial charge is 0.269 e. The average molecular weight is 146 g/mol. The van der Waals surface area contributed by atoms with E-state index < -0.39 is 0 Å². The third-order valence-electron chi connectivity index (χ3n) is 1.41. The Balaban J connectivity index is 2.91. The van der Waals surface area contributed by atoms with E-state index in [1.807, 2.05) is 6.07 Å². The third-order valence-corrected chi connectivity index (χ3v) is 1.41. The predicted molar refractivity (Wildman–Crippen MR) is 37.3 cm³/mol.